The van der Waals surface area contributed by atoms with Crippen LogP contribution < -0.4 is 4.72 Å². The SMILES string of the molecule is O=S(=O)(Nc1ccn(CC(F)(F)F)n1)c1cccc(Cl)c1Cl. The van der Waals surface area contributed by atoms with Crippen LogP contribution in [-0.4, -0.2) is 24.4 Å². The average Bonchev–Trinajstić information content (AvgIpc) is 2.76. The fourth-order valence-corrected chi connectivity index (χ4v) is 3.33. The van der Waals surface area contributed by atoms with E-state index in [1.807, 2.05) is 4.72 Å². The van der Waals surface area contributed by atoms with Crippen LogP contribution in [0.25, 0.3) is 0 Å². The van der Waals surface area contributed by atoms with Gasteiger partial charge < -0.3 is 0 Å². The zero-order valence-electron chi connectivity index (χ0n) is 10.6. The zero-order chi connectivity index (χ0) is 16.5. The van der Waals surface area contributed by atoms with E-state index < -0.39 is 22.7 Å². The molecule has 0 amide bonds. The topological polar surface area (TPSA) is 64.0 Å². The van der Waals surface area contributed by atoms with Crippen molar-refractivity contribution in [1.29, 1.82) is 0 Å². The van der Waals surface area contributed by atoms with Crippen LogP contribution in [0.3, 0.4) is 0 Å². The number of benzene rings is 1. The van der Waals surface area contributed by atoms with Crippen molar-refractivity contribution in [2.24, 2.45) is 0 Å². The Kier molecular flexibility index (Phi) is 4.59. The molecule has 0 radical (unpaired) electrons. The van der Waals surface area contributed by atoms with Gasteiger partial charge in [-0.25, -0.2) is 8.42 Å². The maximum absolute atomic E-state index is 12.2. The summed E-state index contributed by atoms with van der Waals surface area (Å²) in [6.45, 7) is -1.33. The zero-order valence-corrected chi connectivity index (χ0v) is 12.9. The minimum atomic E-state index is -4.46. The highest BCUT2D eigenvalue weighted by atomic mass is 35.5. The highest BCUT2D eigenvalue weighted by molar-refractivity contribution is 7.92. The number of hydrogen-bond donors (Lipinski definition) is 1. The van der Waals surface area contributed by atoms with Crippen LogP contribution in [-0.2, 0) is 16.6 Å². The Morgan fingerprint density at radius 3 is 2.55 bits per heavy atom. The van der Waals surface area contributed by atoms with Crippen molar-refractivity contribution < 1.29 is 21.6 Å². The van der Waals surface area contributed by atoms with Gasteiger partial charge in [0.25, 0.3) is 10.0 Å². The average molecular weight is 374 g/mol. The van der Waals surface area contributed by atoms with E-state index in [4.69, 9.17) is 23.2 Å². The number of anilines is 1. The molecule has 5 nitrogen and oxygen atoms in total. The number of alkyl halides is 3. The van der Waals surface area contributed by atoms with E-state index in [9.17, 15) is 21.6 Å². The Balaban J connectivity index is 2.24. The van der Waals surface area contributed by atoms with E-state index >= 15 is 0 Å². The number of aromatic nitrogens is 2. The fourth-order valence-electron chi connectivity index (χ4n) is 1.57. The van der Waals surface area contributed by atoms with E-state index in [2.05, 4.69) is 5.10 Å². The molecule has 0 atom stereocenters. The third-order valence-corrected chi connectivity index (χ3v) is 4.75. The molecule has 0 bridgehead atoms. The Morgan fingerprint density at radius 1 is 1.23 bits per heavy atom. The van der Waals surface area contributed by atoms with Gasteiger partial charge in [-0.15, -0.1) is 0 Å². The summed E-state index contributed by atoms with van der Waals surface area (Å²) in [7, 11) is -4.12. The predicted octanol–water partition coefficient (Wildman–Crippen LogP) is 3.55. The molecule has 1 heterocycles. The highest BCUT2D eigenvalue weighted by Crippen LogP contribution is 2.30. The number of halogens is 5. The molecule has 0 fully saturated rings. The molecule has 22 heavy (non-hydrogen) atoms. The molecule has 0 aliphatic carbocycles. The van der Waals surface area contributed by atoms with Crippen molar-refractivity contribution >= 4 is 39.0 Å². The van der Waals surface area contributed by atoms with E-state index in [-0.39, 0.29) is 20.8 Å². The van der Waals surface area contributed by atoms with Crippen molar-refractivity contribution in [3.8, 4) is 0 Å². The number of rotatable bonds is 4. The van der Waals surface area contributed by atoms with Gasteiger partial charge in [0, 0.05) is 12.3 Å². The smallest absolute Gasteiger partial charge is 0.262 e. The van der Waals surface area contributed by atoms with Gasteiger partial charge in [-0.05, 0) is 12.1 Å². The minimum Gasteiger partial charge on any atom is -0.262 e. The number of nitrogens with zero attached hydrogens (tertiary/aromatic N) is 2. The Bertz CT molecular complexity index is 790. The second-order valence-corrected chi connectivity index (χ2v) is 6.61. The molecule has 1 N–H and O–H groups in total. The van der Waals surface area contributed by atoms with Gasteiger partial charge in [-0.1, -0.05) is 29.3 Å². The van der Waals surface area contributed by atoms with Crippen molar-refractivity contribution in [2.45, 2.75) is 17.6 Å². The number of nitrogens with one attached hydrogen (secondary N) is 1. The quantitative estimate of drug-likeness (QED) is 0.890. The van der Waals surface area contributed by atoms with E-state index in [0.717, 1.165) is 12.3 Å². The molecule has 0 aliphatic heterocycles. The summed E-state index contributed by atoms with van der Waals surface area (Å²) in [4.78, 5) is -0.299. The molecule has 0 aliphatic rings. The van der Waals surface area contributed by atoms with E-state index in [1.165, 1.54) is 18.2 Å². The van der Waals surface area contributed by atoms with Crippen LogP contribution in [0.5, 0.6) is 0 Å². The van der Waals surface area contributed by atoms with Crippen LogP contribution >= 0.6 is 23.2 Å². The van der Waals surface area contributed by atoms with Crippen LogP contribution in [0.1, 0.15) is 0 Å². The van der Waals surface area contributed by atoms with Crippen molar-refractivity contribution in [3.63, 3.8) is 0 Å². The van der Waals surface area contributed by atoms with Gasteiger partial charge in [0.2, 0.25) is 0 Å². The molecule has 11 heteroatoms. The third-order valence-electron chi connectivity index (χ3n) is 2.43. The molecule has 2 aromatic rings. The Hall–Kier alpha value is -1.45. The van der Waals surface area contributed by atoms with Gasteiger partial charge in [0.05, 0.1) is 10.0 Å². The van der Waals surface area contributed by atoms with Gasteiger partial charge in [0.1, 0.15) is 11.4 Å². The molecule has 0 spiro atoms. The molecule has 0 saturated carbocycles. The first-order chi connectivity index (χ1) is 10.1. The van der Waals surface area contributed by atoms with Crippen molar-refractivity contribution in [3.05, 3.63) is 40.5 Å². The summed E-state index contributed by atoms with van der Waals surface area (Å²) in [5, 5.41) is 3.33. The molecular weight excluding hydrogens is 366 g/mol. The highest BCUT2D eigenvalue weighted by Gasteiger charge is 2.28. The second kappa shape index (κ2) is 5.98. The van der Waals surface area contributed by atoms with Crippen LogP contribution in [0.15, 0.2) is 35.4 Å². The lowest BCUT2D eigenvalue weighted by Crippen LogP contribution is -2.19. The first-order valence-electron chi connectivity index (χ1n) is 5.65. The summed E-state index contributed by atoms with van der Waals surface area (Å²) >= 11 is 11.5. The first-order valence-corrected chi connectivity index (χ1v) is 7.89. The third kappa shape index (κ3) is 4.05. The lowest BCUT2D eigenvalue weighted by Gasteiger charge is -2.08. The number of sulfonamides is 1. The first kappa shape index (κ1) is 16.9. The summed E-state index contributed by atoms with van der Waals surface area (Å²) in [6.07, 6.45) is -3.46. The monoisotopic (exact) mass is 373 g/mol. The summed E-state index contributed by atoms with van der Waals surface area (Å²) in [5.41, 5.74) is 0. The maximum Gasteiger partial charge on any atom is 0.408 e. The largest absolute Gasteiger partial charge is 0.408 e. The van der Waals surface area contributed by atoms with Crippen LogP contribution in [0.4, 0.5) is 19.0 Å². The standard InChI is InChI=1S/C11H8Cl2F3N3O2S/c12-7-2-1-3-8(10(7)13)22(20,21)18-9-4-5-19(17-9)6-11(14,15)16/h1-5H,6H2,(H,17,18). The molecule has 120 valence electrons. The fraction of sp³-hybridized carbons (Fsp3) is 0.182. The molecular formula is C11H8Cl2F3N3O2S. The lowest BCUT2D eigenvalue weighted by atomic mass is 10.4. The van der Waals surface area contributed by atoms with Gasteiger partial charge in [0.15, 0.2) is 5.82 Å². The molecule has 0 saturated heterocycles. The van der Waals surface area contributed by atoms with Gasteiger partial charge in [-0.3, -0.25) is 9.40 Å². The number of hydrogen-bond acceptors (Lipinski definition) is 3. The van der Waals surface area contributed by atoms with Gasteiger partial charge in [-0.2, -0.15) is 18.3 Å². The lowest BCUT2D eigenvalue weighted by molar-refractivity contribution is -0.142. The van der Waals surface area contributed by atoms with Crippen molar-refractivity contribution in [2.75, 3.05) is 4.72 Å². The molecule has 2 rings (SSSR count). The van der Waals surface area contributed by atoms with Crippen molar-refractivity contribution in [1.82, 2.24) is 9.78 Å². The van der Waals surface area contributed by atoms with Crippen LogP contribution in [0, 0.1) is 0 Å². The molecule has 1 aromatic heterocycles. The van der Waals surface area contributed by atoms with E-state index in [0.29, 0.717) is 4.68 Å². The maximum atomic E-state index is 12.2. The minimum absolute atomic E-state index is 0.0344. The summed E-state index contributed by atoms with van der Waals surface area (Å²) in [6, 6.07) is 5.09. The Morgan fingerprint density at radius 2 is 1.91 bits per heavy atom. The summed E-state index contributed by atoms with van der Waals surface area (Å²) < 4.78 is 63.5. The Labute approximate surface area is 133 Å². The summed E-state index contributed by atoms with van der Waals surface area (Å²) in [5.74, 6) is -0.264. The van der Waals surface area contributed by atoms with Gasteiger partial charge >= 0.3 is 6.18 Å². The molecule has 0 unspecified atom stereocenters. The van der Waals surface area contributed by atoms with Crippen LogP contribution in [0.2, 0.25) is 10.0 Å². The predicted molar refractivity (Wildman–Crippen MR) is 75.6 cm³/mol. The molecule has 1 aromatic carbocycles. The normalized spacial score (nSPS) is 12.4. The van der Waals surface area contributed by atoms with E-state index in [1.54, 1.807) is 0 Å². The second-order valence-electron chi connectivity index (χ2n) is 4.17.